The van der Waals surface area contributed by atoms with Gasteiger partial charge in [-0.15, -0.1) is 0 Å². The Hall–Kier alpha value is -1.51. The molecule has 0 amide bonds. The van der Waals surface area contributed by atoms with Crippen molar-refractivity contribution in [3.05, 3.63) is 24.4 Å². The van der Waals surface area contributed by atoms with Crippen LogP contribution in [0.25, 0.3) is 10.9 Å². The van der Waals surface area contributed by atoms with E-state index >= 15 is 0 Å². The average molecular weight is 161 g/mol. The van der Waals surface area contributed by atoms with Crippen molar-refractivity contribution in [1.82, 2.24) is 10.2 Å². The van der Waals surface area contributed by atoms with E-state index in [1.165, 1.54) is 5.69 Å². The average Bonchev–Trinajstić information content (AvgIpc) is 2.49. The molecule has 0 aliphatic rings. The zero-order valence-electron chi connectivity index (χ0n) is 7.20. The number of hydrogen-bond donors (Lipinski definition) is 1. The second kappa shape index (κ2) is 2.52. The summed E-state index contributed by atoms with van der Waals surface area (Å²) >= 11 is 0. The minimum Gasteiger partial charge on any atom is -0.378 e. The van der Waals surface area contributed by atoms with Crippen molar-refractivity contribution in [1.29, 1.82) is 0 Å². The van der Waals surface area contributed by atoms with Crippen LogP contribution >= 0.6 is 0 Å². The fourth-order valence-electron chi connectivity index (χ4n) is 1.20. The van der Waals surface area contributed by atoms with Gasteiger partial charge in [-0.2, -0.15) is 5.10 Å². The molecular formula is C9H11N3. The molecule has 0 radical (unpaired) electrons. The normalized spacial score (nSPS) is 10.5. The number of aromatic amines is 1. The molecule has 1 aromatic carbocycles. The minimum atomic E-state index is 1.08. The maximum Gasteiger partial charge on any atom is 0.0670 e. The Morgan fingerprint density at radius 3 is 2.92 bits per heavy atom. The molecule has 0 aliphatic heterocycles. The molecule has 1 aromatic heterocycles. The summed E-state index contributed by atoms with van der Waals surface area (Å²) in [7, 11) is 4.05. The molecule has 62 valence electrons. The maximum absolute atomic E-state index is 3.96. The molecule has 2 rings (SSSR count). The van der Waals surface area contributed by atoms with E-state index in [1.807, 2.05) is 20.3 Å². The summed E-state index contributed by atoms with van der Waals surface area (Å²) in [6, 6.07) is 6.23. The van der Waals surface area contributed by atoms with Crippen molar-refractivity contribution < 1.29 is 0 Å². The van der Waals surface area contributed by atoms with Gasteiger partial charge in [0.15, 0.2) is 0 Å². The highest BCUT2D eigenvalue weighted by Gasteiger charge is 1.98. The lowest BCUT2D eigenvalue weighted by Crippen LogP contribution is -2.07. The Morgan fingerprint density at radius 2 is 2.17 bits per heavy atom. The molecule has 0 saturated carbocycles. The number of hydrogen-bond acceptors (Lipinski definition) is 2. The number of nitrogens with one attached hydrogen (secondary N) is 1. The number of rotatable bonds is 1. The first-order valence-electron chi connectivity index (χ1n) is 3.88. The van der Waals surface area contributed by atoms with E-state index in [9.17, 15) is 0 Å². The van der Waals surface area contributed by atoms with Gasteiger partial charge in [-0.05, 0) is 18.2 Å². The van der Waals surface area contributed by atoms with Crippen LogP contribution in [0, 0.1) is 0 Å². The van der Waals surface area contributed by atoms with Gasteiger partial charge in [0, 0.05) is 25.2 Å². The van der Waals surface area contributed by atoms with E-state index in [0.29, 0.717) is 0 Å². The molecule has 0 fully saturated rings. The molecule has 0 atom stereocenters. The summed E-state index contributed by atoms with van der Waals surface area (Å²) in [6.07, 6.45) is 1.83. The number of anilines is 1. The van der Waals surface area contributed by atoms with Crippen molar-refractivity contribution in [3.63, 3.8) is 0 Å². The molecule has 3 nitrogen and oxygen atoms in total. The fraction of sp³-hybridized carbons (Fsp3) is 0.222. The highest BCUT2D eigenvalue weighted by atomic mass is 15.1. The molecule has 2 aromatic rings. The highest BCUT2D eigenvalue weighted by molar-refractivity contribution is 5.81. The number of nitrogens with zero attached hydrogens (tertiary/aromatic N) is 2. The molecule has 0 saturated heterocycles. The Kier molecular flexibility index (Phi) is 1.50. The predicted octanol–water partition coefficient (Wildman–Crippen LogP) is 1.63. The first-order chi connectivity index (χ1) is 5.77. The third kappa shape index (κ3) is 1.03. The van der Waals surface area contributed by atoms with Gasteiger partial charge in [-0.3, -0.25) is 5.10 Å². The number of benzene rings is 1. The topological polar surface area (TPSA) is 31.9 Å². The third-order valence-electron chi connectivity index (χ3n) is 1.94. The van der Waals surface area contributed by atoms with Crippen molar-refractivity contribution in [3.8, 4) is 0 Å². The summed E-state index contributed by atoms with van der Waals surface area (Å²) in [5, 5.41) is 8.05. The molecule has 1 heterocycles. The van der Waals surface area contributed by atoms with Crippen molar-refractivity contribution in [2.24, 2.45) is 0 Å². The van der Waals surface area contributed by atoms with E-state index < -0.39 is 0 Å². The molecule has 0 unspecified atom stereocenters. The number of fused-ring (bicyclic) bond motifs is 1. The van der Waals surface area contributed by atoms with E-state index in [-0.39, 0.29) is 0 Å². The quantitative estimate of drug-likeness (QED) is 0.689. The van der Waals surface area contributed by atoms with Crippen molar-refractivity contribution in [2.75, 3.05) is 19.0 Å². The van der Waals surface area contributed by atoms with Crippen LogP contribution < -0.4 is 4.90 Å². The van der Waals surface area contributed by atoms with Gasteiger partial charge in [0.05, 0.1) is 11.7 Å². The molecule has 12 heavy (non-hydrogen) atoms. The second-order valence-electron chi connectivity index (χ2n) is 3.04. The molecule has 0 aliphatic carbocycles. The van der Waals surface area contributed by atoms with Gasteiger partial charge in [0.1, 0.15) is 0 Å². The van der Waals surface area contributed by atoms with Crippen LogP contribution in [0.1, 0.15) is 0 Å². The summed E-state index contributed by atoms with van der Waals surface area (Å²) < 4.78 is 0. The largest absolute Gasteiger partial charge is 0.378 e. The predicted molar refractivity (Wildman–Crippen MR) is 50.4 cm³/mol. The second-order valence-corrected chi connectivity index (χ2v) is 3.04. The Labute approximate surface area is 71.0 Å². The van der Waals surface area contributed by atoms with Gasteiger partial charge >= 0.3 is 0 Å². The van der Waals surface area contributed by atoms with E-state index in [2.05, 4.69) is 33.3 Å². The van der Waals surface area contributed by atoms with Gasteiger partial charge in [-0.1, -0.05) is 0 Å². The van der Waals surface area contributed by atoms with Gasteiger partial charge in [0.25, 0.3) is 0 Å². The molecular weight excluding hydrogens is 150 g/mol. The molecule has 3 heteroatoms. The molecule has 1 N–H and O–H groups in total. The number of H-pyrrole nitrogens is 1. The van der Waals surface area contributed by atoms with Crippen LogP contribution in [0.3, 0.4) is 0 Å². The van der Waals surface area contributed by atoms with Crippen LogP contribution in [0.5, 0.6) is 0 Å². The van der Waals surface area contributed by atoms with Gasteiger partial charge < -0.3 is 4.90 Å². The summed E-state index contributed by atoms with van der Waals surface area (Å²) in [5.74, 6) is 0. The standard InChI is InChI=1S/C9H11N3/c1-12(2)8-4-3-7-6-10-11-9(7)5-8/h3-6H,1-2H3,(H,10,11). The first-order valence-corrected chi connectivity index (χ1v) is 3.88. The van der Waals surface area contributed by atoms with Crippen LogP contribution in [-0.2, 0) is 0 Å². The van der Waals surface area contributed by atoms with Crippen molar-refractivity contribution in [2.45, 2.75) is 0 Å². The Morgan fingerprint density at radius 1 is 1.33 bits per heavy atom. The highest BCUT2D eigenvalue weighted by Crippen LogP contribution is 2.17. The monoisotopic (exact) mass is 161 g/mol. The SMILES string of the molecule is CN(C)c1ccc2cn[nH]c2c1. The van der Waals surface area contributed by atoms with E-state index in [4.69, 9.17) is 0 Å². The minimum absolute atomic E-state index is 1.08. The van der Waals surface area contributed by atoms with Crippen LogP contribution in [0.4, 0.5) is 5.69 Å². The van der Waals surface area contributed by atoms with E-state index in [0.717, 1.165) is 10.9 Å². The lowest BCUT2D eigenvalue weighted by atomic mass is 10.2. The molecule has 0 bridgehead atoms. The fourth-order valence-corrected chi connectivity index (χ4v) is 1.20. The molecule has 0 spiro atoms. The lowest BCUT2D eigenvalue weighted by molar-refractivity contribution is 1.11. The third-order valence-corrected chi connectivity index (χ3v) is 1.94. The summed E-state index contributed by atoms with van der Waals surface area (Å²) in [5.41, 5.74) is 2.27. The lowest BCUT2D eigenvalue weighted by Gasteiger charge is -2.11. The summed E-state index contributed by atoms with van der Waals surface area (Å²) in [6.45, 7) is 0. The number of aromatic nitrogens is 2. The first kappa shape index (κ1) is 7.16. The Bertz CT molecular complexity index is 389. The van der Waals surface area contributed by atoms with Crippen LogP contribution in [0.2, 0.25) is 0 Å². The maximum atomic E-state index is 3.96. The summed E-state index contributed by atoms with van der Waals surface area (Å²) in [4.78, 5) is 2.07. The van der Waals surface area contributed by atoms with Crippen molar-refractivity contribution >= 4 is 16.6 Å². The van der Waals surface area contributed by atoms with Gasteiger partial charge in [-0.25, -0.2) is 0 Å². The zero-order valence-corrected chi connectivity index (χ0v) is 7.20. The van der Waals surface area contributed by atoms with E-state index in [1.54, 1.807) is 0 Å². The zero-order chi connectivity index (χ0) is 8.55. The van der Waals surface area contributed by atoms with Crippen LogP contribution in [-0.4, -0.2) is 24.3 Å². The Balaban J connectivity index is 2.60. The van der Waals surface area contributed by atoms with Gasteiger partial charge in [0.2, 0.25) is 0 Å². The smallest absolute Gasteiger partial charge is 0.0670 e. The van der Waals surface area contributed by atoms with Crippen LogP contribution in [0.15, 0.2) is 24.4 Å².